The molecule has 0 atom stereocenters. The number of aromatic carboxylic acids is 1. The van der Waals surface area contributed by atoms with Gasteiger partial charge in [-0.25, -0.2) is 4.39 Å². The van der Waals surface area contributed by atoms with E-state index in [0.717, 1.165) is 0 Å². The van der Waals surface area contributed by atoms with Crippen LogP contribution in [0.4, 0.5) is 4.39 Å². The van der Waals surface area contributed by atoms with Gasteiger partial charge in [0.15, 0.2) is 0 Å². The van der Waals surface area contributed by atoms with Gasteiger partial charge in [-0.1, -0.05) is 35.5 Å². The van der Waals surface area contributed by atoms with Crippen LogP contribution in [0, 0.1) is 5.82 Å². The highest BCUT2D eigenvalue weighted by Crippen LogP contribution is 2.25. The fraction of sp³-hybridized carbons (Fsp3) is 0. The fourth-order valence-electron chi connectivity index (χ4n) is 1.93. The van der Waals surface area contributed by atoms with Crippen LogP contribution in [0.1, 0.15) is 10.4 Å². The number of benzene rings is 2. The van der Waals surface area contributed by atoms with E-state index in [9.17, 15) is 14.3 Å². The number of carbonyl (C=O) groups excluding carboxylic acids is 1. The van der Waals surface area contributed by atoms with Crippen molar-refractivity contribution in [3.05, 3.63) is 59.9 Å². The summed E-state index contributed by atoms with van der Waals surface area (Å²) in [7, 11) is 0. The highest BCUT2D eigenvalue weighted by molar-refractivity contribution is 5.93. The second-order valence-electron chi connectivity index (χ2n) is 4.24. The Morgan fingerprint density at radius 1 is 1.05 bits per heavy atom. The van der Waals surface area contributed by atoms with Crippen LogP contribution < -0.4 is 5.11 Å². The molecule has 1 heterocycles. The van der Waals surface area contributed by atoms with Gasteiger partial charge in [0.05, 0.1) is 11.5 Å². The van der Waals surface area contributed by atoms with E-state index in [1.807, 2.05) is 0 Å². The van der Waals surface area contributed by atoms with Gasteiger partial charge in [0.25, 0.3) is 5.89 Å². The van der Waals surface area contributed by atoms with Gasteiger partial charge in [-0.05, 0) is 18.2 Å². The molecule has 5 nitrogen and oxygen atoms in total. The summed E-state index contributed by atoms with van der Waals surface area (Å²) in [6.07, 6.45) is 0. The second kappa shape index (κ2) is 5.16. The summed E-state index contributed by atoms with van der Waals surface area (Å²) < 4.78 is 18.7. The number of carbonyl (C=O) groups is 1. The molecule has 0 radical (unpaired) electrons. The zero-order valence-corrected chi connectivity index (χ0v) is 10.6. The fourth-order valence-corrected chi connectivity index (χ4v) is 1.93. The number of halogens is 1. The monoisotopic (exact) mass is 283 g/mol. The minimum atomic E-state index is -1.35. The minimum Gasteiger partial charge on any atom is -0.545 e. The van der Waals surface area contributed by atoms with E-state index in [0.29, 0.717) is 0 Å². The Labute approximate surface area is 118 Å². The molecular formula is C15H8FN2O3-. The second-order valence-corrected chi connectivity index (χ2v) is 4.24. The maximum Gasteiger partial charge on any atom is 0.258 e. The zero-order valence-electron chi connectivity index (χ0n) is 10.6. The summed E-state index contributed by atoms with van der Waals surface area (Å²) in [4.78, 5) is 15.1. The number of carboxylic acid groups (broad SMARTS) is 1. The van der Waals surface area contributed by atoms with Crippen LogP contribution in [-0.2, 0) is 0 Å². The molecule has 0 amide bonds. The van der Waals surface area contributed by atoms with Crippen molar-refractivity contribution in [3.63, 3.8) is 0 Å². The normalized spacial score (nSPS) is 10.5. The predicted octanol–water partition coefficient (Wildman–Crippen LogP) is 1.91. The smallest absolute Gasteiger partial charge is 0.258 e. The number of rotatable bonds is 3. The van der Waals surface area contributed by atoms with Crippen molar-refractivity contribution in [1.29, 1.82) is 0 Å². The third-order valence-corrected chi connectivity index (χ3v) is 2.92. The van der Waals surface area contributed by atoms with E-state index in [1.54, 1.807) is 24.3 Å². The molecule has 0 aliphatic carbocycles. The van der Waals surface area contributed by atoms with Gasteiger partial charge >= 0.3 is 0 Å². The number of nitrogens with zero attached hydrogens (tertiary/aromatic N) is 2. The molecular weight excluding hydrogens is 275 g/mol. The van der Waals surface area contributed by atoms with E-state index in [-0.39, 0.29) is 28.4 Å². The molecule has 1 aromatic heterocycles. The van der Waals surface area contributed by atoms with E-state index < -0.39 is 11.8 Å². The summed E-state index contributed by atoms with van der Waals surface area (Å²) in [6.45, 7) is 0. The summed E-state index contributed by atoms with van der Waals surface area (Å²) in [5.74, 6) is -1.79. The Morgan fingerprint density at radius 2 is 1.71 bits per heavy atom. The lowest BCUT2D eigenvalue weighted by molar-refractivity contribution is -0.254. The lowest BCUT2D eigenvalue weighted by Gasteiger charge is -2.05. The van der Waals surface area contributed by atoms with Crippen LogP contribution in [0.2, 0.25) is 0 Å². The highest BCUT2D eigenvalue weighted by atomic mass is 19.1. The van der Waals surface area contributed by atoms with Crippen LogP contribution in [0.5, 0.6) is 0 Å². The van der Waals surface area contributed by atoms with Crippen molar-refractivity contribution in [3.8, 4) is 22.8 Å². The highest BCUT2D eigenvalue weighted by Gasteiger charge is 2.16. The average Bonchev–Trinajstić information content (AvgIpc) is 2.97. The van der Waals surface area contributed by atoms with Gasteiger partial charge in [-0.2, -0.15) is 4.98 Å². The predicted molar refractivity (Wildman–Crippen MR) is 69.5 cm³/mol. The van der Waals surface area contributed by atoms with Crippen molar-refractivity contribution in [2.24, 2.45) is 0 Å². The quantitative estimate of drug-likeness (QED) is 0.733. The molecule has 6 heteroatoms. The van der Waals surface area contributed by atoms with E-state index in [4.69, 9.17) is 4.52 Å². The SMILES string of the molecule is O=C([O-])c1ccccc1-c1nc(-c2ccccc2F)no1. The maximum absolute atomic E-state index is 13.7. The van der Waals surface area contributed by atoms with Crippen molar-refractivity contribution in [1.82, 2.24) is 10.1 Å². The van der Waals surface area contributed by atoms with Gasteiger partial charge in [-0.3, -0.25) is 0 Å². The van der Waals surface area contributed by atoms with Gasteiger partial charge < -0.3 is 14.4 Å². The van der Waals surface area contributed by atoms with Crippen LogP contribution in [0.25, 0.3) is 22.8 Å². The third kappa shape index (κ3) is 2.38. The number of hydrogen-bond acceptors (Lipinski definition) is 5. The first kappa shape index (κ1) is 13.0. The van der Waals surface area contributed by atoms with Crippen LogP contribution >= 0.6 is 0 Å². The summed E-state index contributed by atoms with van der Waals surface area (Å²) >= 11 is 0. The number of aromatic nitrogens is 2. The van der Waals surface area contributed by atoms with Crippen molar-refractivity contribution in [2.75, 3.05) is 0 Å². The first-order chi connectivity index (χ1) is 10.2. The van der Waals surface area contributed by atoms with E-state index in [2.05, 4.69) is 10.1 Å². The Bertz CT molecular complexity index is 814. The Balaban J connectivity index is 2.08. The molecule has 0 N–H and O–H groups in total. The van der Waals surface area contributed by atoms with Crippen molar-refractivity contribution < 1.29 is 18.8 Å². The number of carboxylic acids is 1. The van der Waals surface area contributed by atoms with Crippen LogP contribution in [0.3, 0.4) is 0 Å². The van der Waals surface area contributed by atoms with Crippen LogP contribution in [-0.4, -0.2) is 16.1 Å². The molecule has 0 bridgehead atoms. The Kier molecular flexibility index (Phi) is 3.19. The summed E-state index contributed by atoms with van der Waals surface area (Å²) in [6, 6.07) is 12.1. The molecule has 0 aliphatic heterocycles. The first-order valence-corrected chi connectivity index (χ1v) is 6.06. The topological polar surface area (TPSA) is 79.0 Å². The summed E-state index contributed by atoms with van der Waals surface area (Å²) in [5.41, 5.74) is 0.340. The van der Waals surface area contributed by atoms with Gasteiger partial charge in [0.2, 0.25) is 5.82 Å². The Hall–Kier alpha value is -3.02. The van der Waals surface area contributed by atoms with Gasteiger partial charge in [0.1, 0.15) is 5.82 Å². The first-order valence-electron chi connectivity index (χ1n) is 6.06. The molecule has 104 valence electrons. The summed E-state index contributed by atoms with van der Waals surface area (Å²) in [5, 5.41) is 14.7. The zero-order chi connectivity index (χ0) is 14.8. The van der Waals surface area contributed by atoms with E-state index >= 15 is 0 Å². The van der Waals surface area contributed by atoms with E-state index in [1.165, 1.54) is 24.3 Å². The lowest BCUT2D eigenvalue weighted by atomic mass is 10.1. The minimum absolute atomic E-state index is 0.00643. The van der Waals surface area contributed by atoms with Gasteiger partial charge in [0, 0.05) is 11.1 Å². The van der Waals surface area contributed by atoms with Crippen LogP contribution in [0.15, 0.2) is 53.1 Å². The lowest BCUT2D eigenvalue weighted by Crippen LogP contribution is -2.22. The molecule has 0 fully saturated rings. The van der Waals surface area contributed by atoms with Gasteiger partial charge in [-0.15, -0.1) is 0 Å². The molecule has 3 rings (SSSR count). The standard InChI is InChI=1S/C15H9FN2O3/c16-12-8-4-3-7-11(12)13-17-14(21-18-13)9-5-1-2-6-10(9)15(19)20/h1-8H,(H,19,20)/p-1. The number of hydrogen-bond donors (Lipinski definition) is 0. The Morgan fingerprint density at radius 3 is 2.43 bits per heavy atom. The van der Waals surface area contributed by atoms with Crippen molar-refractivity contribution in [2.45, 2.75) is 0 Å². The van der Waals surface area contributed by atoms with Crippen molar-refractivity contribution >= 4 is 5.97 Å². The molecule has 21 heavy (non-hydrogen) atoms. The maximum atomic E-state index is 13.7. The molecule has 0 aliphatic rings. The molecule has 0 unspecified atom stereocenters. The molecule has 3 aromatic rings. The molecule has 0 saturated heterocycles. The average molecular weight is 283 g/mol. The largest absolute Gasteiger partial charge is 0.545 e. The molecule has 2 aromatic carbocycles. The molecule has 0 spiro atoms. The molecule has 0 saturated carbocycles. The third-order valence-electron chi connectivity index (χ3n) is 2.92.